The molecule has 1 aromatic carbocycles. The fourth-order valence-electron chi connectivity index (χ4n) is 1.86. The van der Waals surface area contributed by atoms with Gasteiger partial charge in [0, 0.05) is 22.2 Å². The van der Waals surface area contributed by atoms with Crippen LogP contribution < -0.4 is 0 Å². The van der Waals surface area contributed by atoms with Gasteiger partial charge in [0.15, 0.2) is 5.78 Å². The van der Waals surface area contributed by atoms with E-state index in [1.54, 1.807) is 11.3 Å². The van der Waals surface area contributed by atoms with E-state index in [0.29, 0.717) is 6.42 Å². The maximum absolute atomic E-state index is 11.9. The second kappa shape index (κ2) is 5.28. The SMILES string of the molecule is Cc1cccc(CCC(=O)c2csc(C)c2)c1. The summed E-state index contributed by atoms with van der Waals surface area (Å²) in [6.07, 6.45) is 1.43. The third kappa shape index (κ3) is 3.27. The monoisotopic (exact) mass is 244 g/mol. The smallest absolute Gasteiger partial charge is 0.164 e. The van der Waals surface area contributed by atoms with Gasteiger partial charge in [-0.3, -0.25) is 4.79 Å². The van der Waals surface area contributed by atoms with Crippen LogP contribution in [-0.4, -0.2) is 5.78 Å². The van der Waals surface area contributed by atoms with Gasteiger partial charge in [-0.15, -0.1) is 11.3 Å². The Morgan fingerprint density at radius 3 is 2.71 bits per heavy atom. The third-order valence-electron chi connectivity index (χ3n) is 2.78. The first kappa shape index (κ1) is 12.1. The first-order valence-electron chi connectivity index (χ1n) is 5.79. The highest BCUT2D eigenvalue weighted by molar-refractivity contribution is 7.10. The Morgan fingerprint density at radius 1 is 1.24 bits per heavy atom. The molecule has 1 aromatic heterocycles. The molecule has 2 rings (SSSR count). The first-order valence-corrected chi connectivity index (χ1v) is 6.67. The van der Waals surface area contributed by atoms with Crippen LogP contribution >= 0.6 is 11.3 Å². The fraction of sp³-hybridized carbons (Fsp3) is 0.267. The molecule has 0 N–H and O–H groups in total. The van der Waals surface area contributed by atoms with Crippen LogP contribution in [0.5, 0.6) is 0 Å². The summed E-state index contributed by atoms with van der Waals surface area (Å²) in [5, 5.41) is 1.95. The lowest BCUT2D eigenvalue weighted by molar-refractivity contribution is 0.0983. The van der Waals surface area contributed by atoms with Crippen molar-refractivity contribution in [3.05, 3.63) is 57.3 Å². The molecule has 0 aliphatic rings. The lowest BCUT2D eigenvalue weighted by Crippen LogP contribution is -1.99. The summed E-state index contributed by atoms with van der Waals surface area (Å²) in [7, 11) is 0. The maximum atomic E-state index is 11.9. The molecule has 0 saturated carbocycles. The number of carbonyl (C=O) groups excluding carboxylic acids is 1. The van der Waals surface area contributed by atoms with Gasteiger partial charge in [-0.1, -0.05) is 29.8 Å². The molecule has 0 fully saturated rings. The number of thiophene rings is 1. The molecule has 0 aliphatic heterocycles. The van der Waals surface area contributed by atoms with Crippen LogP contribution in [0.3, 0.4) is 0 Å². The molecular weight excluding hydrogens is 228 g/mol. The van der Waals surface area contributed by atoms with E-state index in [-0.39, 0.29) is 5.78 Å². The quantitative estimate of drug-likeness (QED) is 0.737. The van der Waals surface area contributed by atoms with Crippen molar-refractivity contribution in [2.45, 2.75) is 26.7 Å². The maximum Gasteiger partial charge on any atom is 0.164 e. The Kier molecular flexibility index (Phi) is 3.75. The van der Waals surface area contributed by atoms with E-state index in [1.165, 1.54) is 16.0 Å². The van der Waals surface area contributed by atoms with Gasteiger partial charge >= 0.3 is 0 Å². The number of aryl methyl sites for hydroxylation is 3. The topological polar surface area (TPSA) is 17.1 Å². The highest BCUT2D eigenvalue weighted by Gasteiger charge is 2.07. The molecule has 0 aliphatic carbocycles. The minimum Gasteiger partial charge on any atom is -0.294 e. The second-order valence-corrected chi connectivity index (χ2v) is 5.47. The summed E-state index contributed by atoms with van der Waals surface area (Å²) in [6, 6.07) is 10.3. The molecular formula is C15H16OS. The summed E-state index contributed by atoms with van der Waals surface area (Å²) in [4.78, 5) is 13.1. The van der Waals surface area contributed by atoms with Crippen molar-refractivity contribution < 1.29 is 4.79 Å². The van der Waals surface area contributed by atoms with Crippen LogP contribution in [0.4, 0.5) is 0 Å². The van der Waals surface area contributed by atoms with Gasteiger partial charge < -0.3 is 0 Å². The van der Waals surface area contributed by atoms with Crippen molar-refractivity contribution in [1.29, 1.82) is 0 Å². The Bertz CT molecular complexity index is 525. The van der Waals surface area contributed by atoms with E-state index in [4.69, 9.17) is 0 Å². The molecule has 2 aromatic rings. The predicted molar refractivity (Wildman–Crippen MR) is 72.9 cm³/mol. The normalized spacial score (nSPS) is 10.5. The van der Waals surface area contributed by atoms with Gasteiger partial charge in [-0.2, -0.15) is 0 Å². The Morgan fingerprint density at radius 2 is 2.06 bits per heavy atom. The number of hydrogen-bond acceptors (Lipinski definition) is 2. The summed E-state index contributed by atoms with van der Waals surface area (Å²) < 4.78 is 0. The molecule has 0 radical (unpaired) electrons. The van der Waals surface area contributed by atoms with Crippen molar-refractivity contribution in [3.63, 3.8) is 0 Å². The highest BCUT2D eigenvalue weighted by Crippen LogP contribution is 2.16. The van der Waals surface area contributed by atoms with Crippen LogP contribution in [0, 0.1) is 13.8 Å². The summed E-state index contributed by atoms with van der Waals surface area (Å²) in [5.41, 5.74) is 3.35. The zero-order chi connectivity index (χ0) is 12.3. The first-order chi connectivity index (χ1) is 8.15. The number of hydrogen-bond donors (Lipinski definition) is 0. The molecule has 2 heteroatoms. The number of carbonyl (C=O) groups is 1. The Labute approximate surface area is 106 Å². The van der Waals surface area contributed by atoms with Gasteiger partial charge in [0.25, 0.3) is 0 Å². The summed E-state index contributed by atoms with van der Waals surface area (Å²) in [6.45, 7) is 4.11. The molecule has 1 nitrogen and oxygen atoms in total. The van der Waals surface area contributed by atoms with Gasteiger partial charge in [-0.05, 0) is 31.9 Å². The number of benzene rings is 1. The Balaban J connectivity index is 1.97. The van der Waals surface area contributed by atoms with E-state index in [0.717, 1.165) is 12.0 Å². The minimum atomic E-state index is 0.246. The average Bonchev–Trinajstić information content (AvgIpc) is 2.73. The molecule has 88 valence electrons. The minimum absolute atomic E-state index is 0.246. The van der Waals surface area contributed by atoms with E-state index >= 15 is 0 Å². The van der Waals surface area contributed by atoms with Crippen LogP contribution in [0.1, 0.15) is 32.8 Å². The Hall–Kier alpha value is -1.41. The standard InChI is InChI=1S/C15H16OS/c1-11-4-3-5-13(8-11)6-7-15(16)14-9-12(2)17-10-14/h3-5,8-10H,6-7H2,1-2H3. The molecule has 0 bridgehead atoms. The molecule has 17 heavy (non-hydrogen) atoms. The van der Waals surface area contributed by atoms with Crippen LogP contribution in [-0.2, 0) is 6.42 Å². The summed E-state index contributed by atoms with van der Waals surface area (Å²) in [5.74, 6) is 0.246. The van der Waals surface area contributed by atoms with Gasteiger partial charge in [0.2, 0.25) is 0 Å². The molecule has 0 saturated heterocycles. The molecule has 0 spiro atoms. The van der Waals surface area contributed by atoms with Crippen molar-refractivity contribution in [3.8, 4) is 0 Å². The highest BCUT2D eigenvalue weighted by atomic mass is 32.1. The molecule has 0 amide bonds. The second-order valence-electron chi connectivity index (χ2n) is 4.36. The fourth-order valence-corrected chi connectivity index (χ4v) is 2.57. The average molecular weight is 244 g/mol. The van der Waals surface area contributed by atoms with Gasteiger partial charge in [-0.25, -0.2) is 0 Å². The molecule has 0 unspecified atom stereocenters. The van der Waals surface area contributed by atoms with Crippen molar-refractivity contribution in [1.82, 2.24) is 0 Å². The molecule has 0 atom stereocenters. The number of Topliss-reactive ketones (excluding diaryl/α,β-unsaturated/α-hetero) is 1. The number of rotatable bonds is 4. The van der Waals surface area contributed by atoms with Gasteiger partial charge in [0.05, 0.1) is 0 Å². The van der Waals surface area contributed by atoms with Crippen LogP contribution in [0.25, 0.3) is 0 Å². The van der Waals surface area contributed by atoms with E-state index < -0.39 is 0 Å². The van der Waals surface area contributed by atoms with Gasteiger partial charge in [0.1, 0.15) is 0 Å². The van der Waals surface area contributed by atoms with Crippen LogP contribution in [0.15, 0.2) is 35.7 Å². The third-order valence-corrected chi connectivity index (χ3v) is 3.64. The molecule has 1 heterocycles. The van der Waals surface area contributed by atoms with E-state index in [9.17, 15) is 4.79 Å². The van der Waals surface area contributed by atoms with E-state index in [1.807, 2.05) is 24.4 Å². The van der Waals surface area contributed by atoms with Crippen molar-refractivity contribution in [2.75, 3.05) is 0 Å². The lowest BCUT2D eigenvalue weighted by Gasteiger charge is -2.01. The lowest BCUT2D eigenvalue weighted by atomic mass is 10.0. The predicted octanol–water partition coefficient (Wildman–Crippen LogP) is 4.18. The largest absolute Gasteiger partial charge is 0.294 e. The zero-order valence-electron chi connectivity index (χ0n) is 10.2. The summed E-state index contributed by atoms with van der Waals surface area (Å²) >= 11 is 1.64. The number of ketones is 1. The van der Waals surface area contributed by atoms with E-state index in [2.05, 4.69) is 25.1 Å². The van der Waals surface area contributed by atoms with Crippen LogP contribution in [0.2, 0.25) is 0 Å². The van der Waals surface area contributed by atoms with Crippen molar-refractivity contribution >= 4 is 17.1 Å². The zero-order valence-corrected chi connectivity index (χ0v) is 11.0. The van der Waals surface area contributed by atoms with Crippen molar-refractivity contribution in [2.24, 2.45) is 0 Å².